The van der Waals surface area contributed by atoms with Gasteiger partial charge in [0.25, 0.3) is 0 Å². The van der Waals surface area contributed by atoms with Crippen LogP contribution in [0.5, 0.6) is 0 Å². The molecule has 1 aliphatic rings. The molecule has 0 atom stereocenters. The number of aryl methyl sites for hydroxylation is 1. The molecule has 5 heteroatoms. The van der Waals surface area contributed by atoms with Crippen LogP contribution in [0.3, 0.4) is 0 Å². The van der Waals surface area contributed by atoms with Crippen LogP contribution in [0.4, 0.5) is 18.9 Å². The number of fused-ring (bicyclic) bond motifs is 1. The van der Waals surface area contributed by atoms with E-state index >= 15 is 0 Å². The topological polar surface area (TPSA) is 24.9 Å². The Bertz CT molecular complexity index is 650. The normalized spacial score (nSPS) is 14.4. The van der Waals surface area contributed by atoms with Crippen molar-refractivity contribution in [2.75, 3.05) is 11.9 Å². The van der Waals surface area contributed by atoms with Gasteiger partial charge in [0.2, 0.25) is 0 Å². The number of para-hydroxylation sites is 1. The molecule has 0 bridgehead atoms. The van der Waals surface area contributed by atoms with Crippen LogP contribution in [0.25, 0.3) is 0 Å². The number of hydrogen-bond acceptors (Lipinski definition) is 2. The van der Waals surface area contributed by atoms with Crippen LogP contribution in [-0.2, 0) is 19.0 Å². The average Bonchev–Trinajstić information content (AvgIpc) is 2.47. The van der Waals surface area contributed by atoms with E-state index in [2.05, 4.69) is 10.3 Å². The van der Waals surface area contributed by atoms with E-state index in [1.54, 1.807) is 0 Å². The highest BCUT2D eigenvalue weighted by Crippen LogP contribution is 2.34. The van der Waals surface area contributed by atoms with E-state index in [1.165, 1.54) is 18.0 Å². The van der Waals surface area contributed by atoms with Gasteiger partial charge in [0.15, 0.2) is 0 Å². The number of nitrogens with zero attached hydrogens (tertiary/aromatic N) is 1. The molecule has 2 aromatic rings. The molecule has 0 unspecified atom stereocenters. The van der Waals surface area contributed by atoms with Gasteiger partial charge >= 0.3 is 6.18 Å². The maximum Gasteiger partial charge on any atom is 0.416 e. The highest BCUT2D eigenvalue weighted by atomic mass is 19.4. The fraction of sp³-hybridized carbons (Fsp3) is 0.312. The van der Waals surface area contributed by atoms with Gasteiger partial charge in [-0.3, -0.25) is 4.98 Å². The molecule has 0 radical (unpaired) electrons. The minimum atomic E-state index is -4.35. The maximum absolute atomic E-state index is 13.0. The Balaban J connectivity index is 1.99. The van der Waals surface area contributed by atoms with Gasteiger partial charge in [0, 0.05) is 31.0 Å². The predicted octanol–water partition coefficient (Wildman–Crippen LogP) is 4.05. The Labute approximate surface area is 121 Å². The molecular formula is C16H15F3N2. The second-order valence-corrected chi connectivity index (χ2v) is 5.19. The minimum absolute atomic E-state index is 0.214. The molecule has 0 saturated carbocycles. The summed E-state index contributed by atoms with van der Waals surface area (Å²) >= 11 is 0. The van der Waals surface area contributed by atoms with E-state index in [0.29, 0.717) is 0 Å². The minimum Gasteiger partial charge on any atom is -0.385 e. The van der Waals surface area contributed by atoms with Gasteiger partial charge in [-0.2, -0.15) is 13.2 Å². The molecule has 3 rings (SSSR count). The number of anilines is 1. The van der Waals surface area contributed by atoms with E-state index < -0.39 is 11.7 Å². The molecule has 1 N–H and O–H groups in total. The lowest BCUT2D eigenvalue weighted by Crippen LogP contribution is -2.15. The van der Waals surface area contributed by atoms with Crippen molar-refractivity contribution in [3.8, 4) is 0 Å². The Hall–Kier alpha value is -2.04. The predicted molar refractivity (Wildman–Crippen MR) is 75.3 cm³/mol. The van der Waals surface area contributed by atoms with Crippen LogP contribution in [0.1, 0.15) is 28.7 Å². The molecule has 2 nitrogen and oxygen atoms in total. The molecule has 1 aliphatic heterocycles. The number of pyridine rings is 1. The van der Waals surface area contributed by atoms with E-state index in [0.717, 1.165) is 36.7 Å². The van der Waals surface area contributed by atoms with E-state index in [9.17, 15) is 13.2 Å². The number of halogens is 3. The lowest BCUT2D eigenvalue weighted by atomic mass is 9.94. The first-order valence-electron chi connectivity index (χ1n) is 6.90. The number of benzene rings is 1. The zero-order chi connectivity index (χ0) is 14.9. The molecule has 0 saturated heterocycles. The Kier molecular flexibility index (Phi) is 3.57. The zero-order valence-electron chi connectivity index (χ0n) is 11.4. The number of hydrogen-bond donors (Lipinski definition) is 1. The van der Waals surface area contributed by atoms with Crippen molar-refractivity contribution in [3.05, 3.63) is 58.9 Å². The standard InChI is InChI=1S/C16H15F3N2/c17-16(18,19)14-6-8-20-10-13(14)9-12-4-1-3-11-5-2-7-21-15(11)12/h1,3-4,6,8,10,21H,2,5,7,9H2. The first-order valence-corrected chi connectivity index (χ1v) is 6.90. The van der Waals surface area contributed by atoms with Crippen LogP contribution in [0.15, 0.2) is 36.7 Å². The van der Waals surface area contributed by atoms with Crippen molar-refractivity contribution in [3.63, 3.8) is 0 Å². The summed E-state index contributed by atoms with van der Waals surface area (Å²) in [6, 6.07) is 6.85. The molecule has 1 aromatic carbocycles. The monoisotopic (exact) mass is 292 g/mol. The van der Waals surface area contributed by atoms with Gasteiger partial charge in [0.05, 0.1) is 5.56 Å². The molecular weight excluding hydrogens is 277 g/mol. The molecule has 21 heavy (non-hydrogen) atoms. The molecule has 110 valence electrons. The quantitative estimate of drug-likeness (QED) is 0.903. The van der Waals surface area contributed by atoms with Crippen molar-refractivity contribution in [1.29, 1.82) is 0 Å². The second-order valence-electron chi connectivity index (χ2n) is 5.19. The summed E-state index contributed by atoms with van der Waals surface area (Å²) in [5.41, 5.74) is 2.67. The van der Waals surface area contributed by atoms with Gasteiger partial charge in [-0.05, 0) is 35.6 Å². The van der Waals surface area contributed by atoms with Crippen LogP contribution >= 0.6 is 0 Å². The molecule has 0 fully saturated rings. The van der Waals surface area contributed by atoms with Gasteiger partial charge in [-0.15, -0.1) is 0 Å². The molecule has 0 spiro atoms. The van der Waals surface area contributed by atoms with Gasteiger partial charge in [-0.25, -0.2) is 0 Å². The van der Waals surface area contributed by atoms with Crippen molar-refractivity contribution in [2.24, 2.45) is 0 Å². The lowest BCUT2D eigenvalue weighted by molar-refractivity contribution is -0.138. The highest BCUT2D eigenvalue weighted by molar-refractivity contribution is 5.60. The van der Waals surface area contributed by atoms with Crippen molar-refractivity contribution in [2.45, 2.75) is 25.4 Å². The summed E-state index contributed by atoms with van der Waals surface area (Å²) in [5.74, 6) is 0. The highest BCUT2D eigenvalue weighted by Gasteiger charge is 2.33. The third-order valence-electron chi connectivity index (χ3n) is 3.75. The van der Waals surface area contributed by atoms with Crippen LogP contribution in [0, 0.1) is 0 Å². The first kappa shape index (κ1) is 13.9. The van der Waals surface area contributed by atoms with Crippen molar-refractivity contribution in [1.82, 2.24) is 4.98 Å². The third-order valence-corrected chi connectivity index (χ3v) is 3.75. The Morgan fingerprint density at radius 3 is 2.81 bits per heavy atom. The van der Waals surface area contributed by atoms with Gasteiger partial charge < -0.3 is 5.32 Å². The summed E-state index contributed by atoms with van der Waals surface area (Å²) in [6.07, 6.45) is 0.405. The smallest absolute Gasteiger partial charge is 0.385 e. The van der Waals surface area contributed by atoms with Crippen LogP contribution in [0.2, 0.25) is 0 Å². The summed E-state index contributed by atoms with van der Waals surface area (Å²) in [4.78, 5) is 3.85. The maximum atomic E-state index is 13.0. The van der Waals surface area contributed by atoms with Crippen molar-refractivity contribution < 1.29 is 13.2 Å². The SMILES string of the molecule is FC(F)(F)c1ccncc1Cc1cccc2c1NCCC2. The summed E-state index contributed by atoms with van der Waals surface area (Å²) in [6.45, 7) is 0.864. The summed E-state index contributed by atoms with van der Waals surface area (Å²) < 4.78 is 39.1. The van der Waals surface area contributed by atoms with E-state index in [4.69, 9.17) is 0 Å². The van der Waals surface area contributed by atoms with E-state index in [-0.39, 0.29) is 12.0 Å². The second kappa shape index (κ2) is 5.39. The summed E-state index contributed by atoms with van der Waals surface area (Å²) in [5, 5.41) is 3.31. The van der Waals surface area contributed by atoms with Gasteiger partial charge in [-0.1, -0.05) is 18.2 Å². The van der Waals surface area contributed by atoms with Crippen LogP contribution < -0.4 is 5.32 Å². The van der Waals surface area contributed by atoms with Crippen molar-refractivity contribution >= 4 is 5.69 Å². The number of aromatic nitrogens is 1. The summed E-state index contributed by atoms with van der Waals surface area (Å²) in [7, 11) is 0. The third kappa shape index (κ3) is 2.86. The molecule has 0 amide bonds. The fourth-order valence-electron chi connectivity index (χ4n) is 2.78. The van der Waals surface area contributed by atoms with Crippen LogP contribution in [-0.4, -0.2) is 11.5 Å². The molecule has 1 aromatic heterocycles. The number of nitrogens with one attached hydrogen (secondary N) is 1. The fourth-order valence-corrected chi connectivity index (χ4v) is 2.78. The van der Waals surface area contributed by atoms with E-state index in [1.807, 2.05) is 18.2 Å². The molecule has 2 heterocycles. The zero-order valence-corrected chi connectivity index (χ0v) is 11.4. The average molecular weight is 292 g/mol. The Morgan fingerprint density at radius 2 is 2.00 bits per heavy atom. The Morgan fingerprint density at radius 1 is 1.14 bits per heavy atom. The number of rotatable bonds is 2. The largest absolute Gasteiger partial charge is 0.416 e. The van der Waals surface area contributed by atoms with Gasteiger partial charge in [0.1, 0.15) is 0 Å². The molecule has 0 aliphatic carbocycles. The lowest BCUT2D eigenvalue weighted by Gasteiger charge is -2.22. The number of alkyl halides is 3. The first-order chi connectivity index (χ1) is 10.1.